The summed E-state index contributed by atoms with van der Waals surface area (Å²) < 4.78 is 26.3. The van der Waals surface area contributed by atoms with Crippen molar-refractivity contribution < 1.29 is 13.9 Å². The molecule has 2 nitrogen and oxygen atoms in total. The fourth-order valence-electron chi connectivity index (χ4n) is 1.93. The summed E-state index contributed by atoms with van der Waals surface area (Å²) in [5.74, 6) is -1.87. The van der Waals surface area contributed by atoms with E-state index in [1.165, 1.54) is 6.07 Å². The van der Waals surface area contributed by atoms with Crippen LogP contribution in [0.15, 0.2) is 42.5 Å². The summed E-state index contributed by atoms with van der Waals surface area (Å²) in [6.45, 7) is 1.41. The van der Waals surface area contributed by atoms with Gasteiger partial charge in [0, 0.05) is 10.7 Å². The third-order valence-corrected chi connectivity index (χ3v) is 3.35. The molecule has 0 amide bonds. The largest absolute Gasteiger partial charge is 0.394 e. The maximum atomic E-state index is 13.3. The quantitative estimate of drug-likeness (QED) is 0.896. The molecule has 0 saturated carbocycles. The van der Waals surface area contributed by atoms with Crippen molar-refractivity contribution in [3.05, 3.63) is 64.7 Å². The molecule has 20 heavy (non-hydrogen) atoms. The van der Waals surface area contributed by atoms with Crippen LogP contribution in [0.1, 0.15) is 12.5 Å². The van der Waals surface area contributed by atoms with Crippen molar-refractivity contribution in [2.45, 2.75) is 12.5 Å². The van der Waals surface area contributed by atoms with E-state index in [9.17, 15) is 13.9 Å². The Kier molecular flexibility index (Phi) is 4.26. The van der Waals surface area contributed by atoms with E-state index in [4.69, 9.17) is 11.6 Å². The van der Waals surface area contributed by atoms with Crippen LogP contribution in [0.5, 0.6) is 0 Å². The highest BCUT2D eigenvalue weighted by molar-refractivity contribution is 6.30. The molecule has 2 N–H and O–H groups in total. The minimum absolute atomic E-state index is 0.287. The van der Waals surface area contributed by atoms with Crippen molar-refractivity contribution in [2.75, 3.05) is 11.9 Å². The van der Waals surface area contributed by atoms with Crippen molar-refractivity contribution >= 4 is 17.3 Å². The zero-order valence-electron chi connectivity index (χ0n) is 10.8. The van der Waals surface area contributed by atoms with Gasteiger partial charge in [-0.25, -0.2) is 8.78 Å². The second kappa shape index (κ2) is 5.77. The van der Waals surface area contributed by atoms with E-state index in [1.807, 2.05) is 0 Å². The summed E-state index contributed by atoms with van der Waals surface area (Å²) in [6, 6.07) is 10.5. The molecule has 0 spiro atoms. The number of hydrogen-bond donors (Lipinski definition) is 2. The number of anilines is 1. The highest BCUT2D eigenvalue weighted by Crippen LogP contribution is 2.28. The van der Waals surface area contributed by atoms with Crippen molar-refractivity contribution in [3.8, 4) is 0 Å². The van der Waals surface area contributed by atoms with Gasteiger partial charge >= 0.3 is 0 Å². The predicted molar refractivity (Wildman–Crippen MR) is 75.9 cm³/mol. The van der Waals surface area contributed by atoms with Crippen LogP contribution in [0.3, 0.4) is 0 Å². The van der Waals surface area contributed by atoms with E-state index in [2.05, 4.69) is 5.32 Å². The minimum Gasteiger partial charge on any atom is -0.394 e. The molecule has 1 unspecified atom stereocenters. The second-order valence-electron chi connectivity index (χ2n) is 4.75. The molecule has 2 aromatic rings. The first-order valence-electron chi connectivity index (χ1n) is 6.05. The Morgan fingerprint density at radius 3 is 2.50 bits per heavy atom. The molecule has 5 heteroatoms. The third kappa shape index (κ3) is 3.08. The Labute approximate surface area is 121 Å². The van der Waals surface area contributed by atoms with Gasteiger partial charge in [-0.15, -0.1) is 0 Å². The molecule has 0 heterocycles. The second-order valence-corrected chi connectivity index (χ2v) is 5.19. The molecule has 0 saturated heterocycles. The maximum absolute atomic E-state index is 13.3. The molecule has 0 aliphatic rings. The van der Waals surface area contributed by atoms with Crippen LogP contribution >= 0.6 is 11.6 Å². The van der Waals surface area contributed by atoms with E-state index in [-0.39, 0.29) is 6.61 Å². The Morgan fingerprint density at radius 1 is 1.15 bits per heavy atom. The lowest BCUT2D eigenvalue weighted by atomic mass is 9.92. The number of aliphatic hydroxyl groups excluding tert-OH is 1. The molecule has 0 aliphatic carbocycles. The van der Waals surface area contributed by atoms with Gasteiger partial charge in [-0.3, -0.25) is 0 Å². The van der Waals surface area contributed by atoms with Crippen LogP contribution in [0.2, 0.25) is 5.02 Å². The van der Waals surface area contributed by atoms with Gasteiger partial charge in [0.25, 0.3) is 0 Å². The van der Waals surface area contributed by atoms with Gasteiger partial charge in [0.2, 0.25) is 0 Å². The molecular formula is C15H14ClF2NO. The van der Waals surface area contributed by atoms with E-state index in [1.54, 1.807) is 31.2 Å². The van der Waals surface area contributed by atoms with Crippen molar-refractivity contribution in [3.63, 3.8) is 0 Å². The van der Waals surface area contributed by atoms with Crippen LogP contribution in [-0.2, 0) is 5.54 Å². The topological polar surface area (TPSA) is 32.3 Å². The SMILES string of the molecule is CC(CO)(Nc1cccc(Cl)c1)c1ccc(F)c(F)c1. The zero-order chi connectivity index (χ0) is 14.8. The van der Waals surface area contributed by atoms with Gasteiger partial charge in [-0.05, 0) is 42.8 Å². The van der Waals surface area contributed by atoms with Crippen LogP contribution < -0.4 is 5.32 Å². The van der Waals surface area contributed by atoms with Gasteiger partial charge in [0.05, 0.1) is 12.1 Å². The number of aliphatic hydroxyl groups is 1. The molecule has 0 fully saturated rings. The lowest BCUT2D eigenvalue weighted by molar-refractivity contribution is 0.223. The van der Waals surface area contributed by atoms with E-state index < -0.39 is 17.2 Å². The lowest BCUT2D eigenvalue weighted by Gasteiger charge is -2.30. The van der Waals surface area contributed by atoms with E-state index in [0.29, 0.717) is 16.3 Å². The number of rotatable bonds is 4. The first kappa shape index (κ1) is 14.8. The number of nitrogens with one attached hydrogen (secondary N) is 1. The monoisotopic (exact) mass is 297 g/mol. The van der Waals surface area contributed by atoms with Crippen LogP contribution in [0.25, 0.3) is 0 Å². The van der Waals surface area contributed by atoms with Crippen molar-refractivity contribution in [1.29, 1.82) is 0 Å². The minimum atomic E-state index is -0.949. The zero-order valence-corrected chi connectivity index (χ0v) is 11.6. The fraction of sp³-hybridized carbons (Fsp3) is 0.200. The molecule has 0 bridgehead atoms. The van der Waals surface area contributed by atoms with Crippen molar-refractivity contribution in [1.82, 2.24) is 0 Å². The smallest absolute Gasteiger partial charge is 0.159 e. The number of halogens is 3. The fourth-order valence-corrected chi connectivity index (χ4v) is 2.12. The molecular weight excluding hydrogens is 284 g/mol. The first-order valence-corrected chi connectivity index (χ1v) is 6.42. The molecule has 0 radical (unpaired) electrons. The Hall–Kier alpha value is -1.65. The molecule has 0 aromatic heterocycles. The molecule has 2 rings (SSSR count). The highest BCUT2D eigenvalue weighted by atomic mass is 35.5. The maximum Gasteiger partial charge on any atom is 0.159 e. The van der Waals surface area contributed by atoms with Gasteiger partial charge in [-0.2, -0.15) is 0 Å². The molecule has 1 atom stereocenters. The van der Waals surface area contributed by atoms with E-state index in [0.717, 1.165) is 12.1 Å². The van der Waals surface area contributed by atoms with Gasteiger partial charge in [0.15, 0.2) is 11.6 Å². The van der Waals surface area contributed by atoms with Crippen molar-refractivity contribution in [2.24, 2.45) is 0 Å². The summed E-state index contributed by atoms with van der Waals surface area (Å²) in [4.78, 5) is 0. The third-order valence-electron chi connectivity index (χ3n) is 3.12. The molecule has 2 aromatic carbocycles. The predicted octanol–water partition coefficient (Wildman–Crippen LogP) is 3.94. The normalized spacial score (nSPS) is 13.8. The molecule has 106 valence electrons. The number of hydrogen-bond acceptors (Lipinski definition) is 2. The first-order chi connectivity index (χ1) is 9.44. The summed E-state index contributed by atoms with van der Waals surface area (Å²) in [6.07, 6.45) is 0. The van der Waals surface area contributed by atoms with Crippen LogP contribution in [0, 0.1) is 11.6 Å². The van der Waals surface area contributed by atoms with Crippen LogP contribution in [0.4, 0.5) is 14.5 Å². The standard InChI is InChI=1S/C15H14ClF2NO/c1-15(9-20,10-5-6-13(17)14(18)7-10)19-12-4-2-3-11(16)8-12/h2-8,19-20H,9H2,1H3. The Balaban J connectivity index is 2.35. The highest BCUT2D eigenvalue weighted by Gasteiger charge is 2.26. The van der Waals surface area contributed by atoms with Gasteiger partial charge in [-0.1, -0.05) is 23.7 Å². The Bertz CT molecular complexity index is 621. The number of benzene rings is 2. The summed E-state index contributed by atoms with van der Waals surface area (Å²) in [5, 5.41) is 13.2. The molecule has 0 aliphatic heterocycles. The van der Waals surface area contributed by atoms with Crippen LogP contribution in [-0.4, -0.2) is 11.7 Å². The Morgan fingerprint density at radius 2 is 1.90 bits per heavy atom. The van der Waals surface area contributed by atoms with E-state index >= 15 is 0 Å². The van der Waals surface area contributed by atoms with Gasteiger partial charge in [0.1, 0.15) is 0 Å². The lowest BCUT2D eigenvalue weighted by Crippen LogP contribution is -2.36. The average molecular weight is 298 g/mol. The summed E-state index contributed by atoms with van der Waals surface area (Å²) in [5.41, 5.74) is 0.178. The summed E-state index contributed by atoms with van der Waals surface area (Å²) in [7, 11) is 0. The summed E-state index contributed by atoms with van der Waals surface area (Å²) >= 11 is 5.90. The van der Waals surface area contributed by atoms with Gasteiger partial charge < -0.3 is 10.4 Å². The average Bonchev–Trinajstić information content (AvgIpc) is 2.41.